The van der Waals surface area contributed by atoms with Crippen molar-refractivity contribution in [1.29, 1.82) is 0 Å². The van der Waals surface area contributed by atoms with Crippen LogP contribution in [0.3, 0.4) is 0 Å². The maximum absolute atomic E-state index is 11.7. The van der Waals surface area contributed by atoms with Gasteiger partial charge in [-0.25, -0.2) is 0 Å². The average Bonchev–Trinajstić information content (AvgIpc) is 2.74. The lowest BCUT2D eigenvalue weighted by atomic mass is 9.43. The molecule has 0 aromatic carbocycles. The van der Waals surface area contributed by atoms with Crippen molar-refractivity contribution in [1.82, 2.24) is 5.32 Å². The van der Waals surface area contributed by atoms with E-state index in [1.54, 1.807) is 6.92 Å². The number of hydrogen-bond donors (Lipinski definition) is 2. The van der Waals surface area contributed by atoms with Crippen LogP contribution in [0.25, 0.3) is 0 Å². The van der Waals surface area contributed by atoms with Gasteiger partial charge < -0.3 is 20.4 Å². The van der Waals surface area contributed by atoms with Crippen molar-refractivity contribution >= 4 is 13.0 Å². The second-order valence-corrected chi connectivity index (χ2v) is 7.92. The van der Waals surface area contributed by atoms with Crippen molar-refractivity contribution < 1.29 is 14.1 Å². The van der Waals surface area contributed by atoms with Crippen LogP contribution in [0.5, 0.6) is 0 Å². The van der Waals surface area contributed by atoms with E-state index in [1.165, 1.54) is 6.42 Å². The Labute approximate surface area is 127 Å². The molecule has 6 heteroatoms. The summed E-state index contributed by atoms with van der Waals surface area (Å²) in [5, 5.41) is 2.88. The quantitative estimate of drug-likeness (QED) is 0.765. The van der Waals surface area contributed by atoms with Gasteiger partial charge in [-0.1, -0.05) is 13.8 Å². The van der Waals surface area contributed by atoms with Crippen LogP contribution >= 0.6 is 0 Å². The van der Waals surface area contributed by atoms with E-state index in [1.807, 2.05) is 6.92 Å². The first-order valence-electron chi connectivity index (χ1n) is 8.05. The highest BCUT2D eigenvalue weighted by Crippen LogP contribution is 2.65. The molecule has 4 aliphatic rings. The van der Waals surface area contributed by atoms with E-state index in [0.717, 1.165) is 12.3 Å². The fourth-order valence-electron chi connectivity index (χ4n) is 4.54. The predicted molar refractivity (Wildman–Crippen MR) is 81.4 cm³/mol. The third-order valence-corrected chi connectivity index (χ3v) is 6.16. The van der Waals surface area contributed by atoms with Gasteiger partial charge in [-0.05, 0) is 50.9 Å². The normalized spacial score (nSPS) is 42.8. The molecule has 3 aliphatic carbocycles. The van der Waals surface area contributed by atoms with Gasteiger partial charge in [-0.15, -0.1) is 0 Å². The summed E-state index contributed by atoms with van der Waals surface area (Å²) < 4.78 is 12.4. The molecule has 0 spiro atoms. The molecule has 0 aromatic heterocycles. The van der Waals surface area contributed by atoms with E-state index in [-0.39, 0.29) is 30.7 Å². The molecule has 2 unspecified atom stereocenters. The smallest absolute Gasteiger partial charge is 0.404 e. The molecular formula is C15H27BN2O3. The van der Waals surface area contributed by atoms with Crippen molar-refractivity contribution in [2.24, 2.45) is 23.0 Å². The summed E-state index contributed by atoms with van der Waals surface area (Å²) >= 11 is 0. The van der Waals surface area contributed by atoms with Gasteiger partial charge in [0.25, 0.3) is 0 Å². The first-order chi connectivity index (χ1) is 9.66. The second-order valence-electron chi connectivity index (χ2n) is 7.92. The van der Waals surface area contributed by atoms with E-state index < -0.39 is 6.04 Å². The van der Waals surface area contributed by atoms with Crippen LogP contribution in [-0.2, 0) is 14.1 Å². The third-order valence-electron chi connectivity index (χ3n) is 6.16. The van der Waals surface area contributed by atoms with Gasteiger partial charge in [0.15, 0.2) is 0 Å². The number of carbonyl (C=O) groups excluding carboxylic acids is 1. The molecule has 2 bridgehead atoms. The third kappa shape index (κ3) is 2.14. The van der Waals surface area contributed by atoms with Gasteiger partial charge in [0.05, 0.1) is 23.7 Å². The Hall–Kier alpha value is -0.585. The Morgan fingerprint density at radius 1 is 1.33 bits per heavy atom. The Balaban J connectivity index is 1.69. The summed E-state index contributed by atoms with van der Waals surface area (Å²) in [6.45, 7) is 10.5. The van der Waals surface area contributed by atoms with Crippen molar-refractivity contribution in [3.63, 3.8) is 0 Å². The van der Waals surface area contributed by atoms with E-state index in [4.69, 9.17) is 15.0 Å². The zero-order valence-electron chi connectivity index (χ0n) is 13.7. The van der Waals surface area contributed by atoms with Crippen LogP contribution in [0.4, 0.5) is 0 Å². The molecule has 4 fully saturated rings. The molecular weight excluding hydrogens is 267 g/mol. The van der Waals surface area contributed by atoms with Gasteiger partial charge in [0.2, 0.25) is 5.91 Å². The summed E-state index contributed by atoms with van der Waals surface area (Å²) in [6.07, 6.45) is 2.44. The standard InChI is InChI=1S/C15H27BN2O3/c1-8(17)13(19)18-9(2)16-20-12-7-10-6-11(14(10,3)4)15(12,5)21-16/h8-12H,6-7,17H2,1-5H3,(H,18,19)/t8?,9?,10-,11-,12+,15-/m0/s1. The fraction of sp³-hybridized carbons (Fsp3) is 0.933. The zero-order chi connectivity index (χ0) is 15.6. The first-order valence-corrected chi connectivity index (χ1v) is 8.05. The highest BCUT2D eigenvalue weighted by Gasteiger charge is 2.68. The molecule has 1 heterocycles. The van der Waals surface area contributed by atoms with Gasteiger partial charge in [-0.2, -0.15) is 0 Å². The number of amides is 1. The zero-order valence-corrected chi connectivity index (χ0v) is 13.7. The summed E-state index contributed by atoms with van der Waals surface area (Å²) in [7, 11) is -0.377. The van der Waals surface area contributed by atoms with Gasteiger partial charge in [-0.3, -0.25) is 4.79 Å². The van der Waals surface area contributed by atoms with Crippen LogP contribution in [0.15, 0.2) is 0 Å². The van der Waals surface area contributed by atoms with Crippen LogP contribution in [-0.4, -0.2) is 36.7 Å². The maximum Gasteiger partial charge on any atom is 0.481 e. The lowest BCUT2D eigenvalue weighted by Crippen LogP contribution is -2.65. The van der Waals surface area contributed by atoms with Crippen LogP contribution < -0.4 is 11.1 Å². The second kappa shape index (κ2) is 4.70. The molecule has 0 aromatic rings. The molecule has 6 atom stereocenters. The number of nitrogens with one attached hydrogen (secondary N) is 1. The van der Waals surface area contributed by atoms with E-state index in [2.05, 4.69) is 26.1 Å². The minimum Gasteiger partial charge on any atom is -0.404 e. The summed E-state index contributed by atoms with van der Waals surface area (Å²) in [5.74, 6) is 0.914. The van der Waals surface area contributed by atoms with E-state index >= 15 is 0 Å². The monoisotopic (exact) mass is 294 g/mol. The van der Waals surface area contributed by atoms with Gasteiger partial charge in [0.1, 0.15) is 0 Å². The minimum atomic E-state index is -0.515. The van der Waals surface area contributed by atoms with E-state index in [0.29, 0.717) is 11.3 Å². The molecule has 1 amide bonds. The Morgan fingerprint density at radius 3 is 2.57 bits per heavy atom. The molecule has 5 nitrogen and oxygen atoms in total. The van der Waals surface area contributed by atoms with Gasteiger partial charge in [0, 0.05) is 0 Å². The number of carbonyl (C=O) groups is 1. The van der Waals surface area contributed by atoms with Crippen LogP contribution in [0.1, 0.15) is 47.5 Å². The highest BCUT2D eigenvalue weighted by molar-refractivity contribution is 6.47. The number of nitrogens with two attached hydrogens (primary N) is 1. The lowest BCUT2D eigenvalue weighted by Gasteiger charge is -2.64. The fourth-order valence-corrected chi connectivity index (χ4v) is 4.54. The molecule has 118 valence electrons. The molecule has 3 N–H and O–H groups in total. The summed E-state index contributed by atoms with van der Waals surface area (Å²) in [5.41, 5.74) is 5.71. The van der Waals surface area contributed by atoms with Crippen molar-refractivity contribution in [2.45, 2.75) is 71.1 Å². The molecule has 1 saturated heterocycles. The van der Waals surface area contributed by atoms with Gasteiger partial charge >= 0.3 is 7.12 Å². The van der Waals surface area contributed by atoms with Crippen molar-refractivity contribution in [2.75, 3.05) is 0 Å². The van der Waals surface area contributed by atoms with Crippen molar-refractivity contribution in [3.8, 4) is 0 Å². The molecule has 1 aliphatic heterocycles. The van der Waals surface area contributed by atoms with Crippen LogP contribution in [0, 0.1) is 17.3 Å². The maximum atomic E-state index is 11.7. The molecule has 4 rings (SSSR count). The first kappa shape index (κ1) is 15.3. The Kier molecular flexibility index (Phi) is 3.43. The van der Waals surface area contributed by atoms with Crippen molar-refractivity contribution in [3.05, 3.63) is 0 Å². The van der Waals surface area contributed by atoms with Crippen LogP contribution in [0.2, 0.25) is 0 Å². The number of rotatable bonds is 3. The Morgan fingerprint density at radius 2 is 2.00 bits per heavy atom. The van der Waals surface area contributed by atoms with E-state index in [9.17, 15) is 4.79 Å². The largest absolute Gasteiger partial charge is 0.481 e. The summed E-state index contributed by atoms with van der Waals surface area (Å²) in [4.78, 5) is 11.7. The highest BCUT2D eigenvalue weighted by atomic mass is 16.7. The average molecular weight is 294 g/mol. The Bertz CT molecular complexity index is 456. The molecule has 0 radical (unpaired) electrons. The molecule has 21 heavy (non-hydrogen) atoms. The number of hydrogen-bond acceptors (Lipinski definition) is 4. The minimum absolute atomic E-state index is 0.147. The predicted octanol–water partition coefficient (Wildman–Crippen LogP) is 1.11. The topological polar surface area (TPSA) is 73.6 Å². The summed E-state index contributed by atoms with van der Waals surface area (Å²) in [6, 6.07) is -0.515. The lowest BCUT2D eigenvalue weighted by molar-refractivity contribution is -0.199. The molecule has 3 saturated carbocycles. The SMILES string of the molecule is CC(NC(=O)C(C)N)B1O[C@@H]2C[C@@H]3C[C@@H](C3(C)C)[C@]2(C)O1.